The molecule has 210 valence electrons. The van der Waals surface area contributed by atoms with Crippen LogP contribution in [-0.4, -0.2) is 25.1 Å². The van der Waals surface area contributed by atoms with E-state index in [1.165, 1.54) is 11.1 Å². The average Bonchev–Trinajstić information content (AvgIpc) is 3.23. The van der Waals surface area contributed by atoms with Crippen molar-refractivity contribution >= 4 is 21.4 Å². The molecule has 0 saturated carbocycles. The molecule has 6 nitrogen and oxygen atoms in total. The molecule has 3 aliphatic rings. The molecule has 0 bridgehead atoms. The molecule has 0 spiro atoms. The molecule has 2 unspecified atom stereocenters. The summed E-state index contributed by atoms with van der Waals surface area (Å²) in [6, 6.07) is 12.8. The monoisotopic (exact) mass is 558 g/mol. The third-order valence-electron chi connectivity index (χ3n) is 9.79. The third-order valence-corrected chi connectivity index (χ3v) is 10.7. The van der Waals surface area contributed by atoms with Crippen molar-refractivity contribution < 1.29 is 17.7 Å². The van der Waals surface area contributed by atoms with E-state index in [2.05, 4.69) is 84.1 Å². The van der Waals surface area contributed by atoms with E-state index in [1.807, 2.05) is 19.9 Å². The van der Waals surface area contributed by atoms with Crippen LogP contribution in [0.5, 0.6) is 11.5 Å². The number of hydrogen-bond donors (Lipinski definition) is 2. The van der Waals surface area contributed by atoms with Gasteiger partial charge in [-0.05, 0) is 61.1 Å². The van der Waals surface area contributed by atoms with Gasteiger partial charge in [0, 0.05) is 44.5 Å². The first-order chi connectivity index (χ1) is 18.5. The molecule has 7 heteroatoms. The summed E-state index contributed by atoms with van der Waals surface area (Å²) in [6.45, 7) is 19.1. The van der Waals surface area contributed by atoms with Crippen LogP contribution in [-0.2, 0) is 20.9 Å². The lowest BCUT2D eigenvalue weighted by molar-refractivity contribution is 0.436. The Bertz CT molecular complexity index is 1830. The van der Waals surface area contributed by atoms with Gasteiger partial charge in [0.15, 0.2) is 10.6 Å². The molecule has 3 heterocycles. The summed E-state index contributed by atoms with van der Waals surface area (Å²) in [5, 5.41) is 4.58. The van der Waals surface area contributed by atoms with Gasteiger partial charge in [0.25, 0.3) is 10.1 Å². The standard InChI is InChI=1S/C33H38N2O4S/c1-16(2)20-10-12-21(13-11-20)26-22-14-24-27(34-18(4)32(24,6)7)17(3)29(22)39-30-23(26)15-25-28(31(30)40(36,37)38)35-19(5)33(25,8)9/h10-16,18-19,34H,1-9H3,(H,36,37,38). The highest BCUT2D eigenvalue weighted by Crippen LogP contribution is 2.51. The van der Waals surface area contributed by atoms with Gasteiger partial charge >= 0.3 is 0 Å². The molecule has 6 rings (SSSR count). The minimum atomic E-state index is -4.67. The summed E-state index contributed by atoms with van der Waals surface area (Å²) in [5.74, 6) is 1.12. The third kappa shape index (κ3) is 3.63. The Labute approximate surface area is 236 Å². The minimum absolute atomic E-state index is 0.115. The van der Waals surface area contributed by atoms with Crippen LogP contribution in [0.1, 0.15) is 94.7 Å². The number of nitrogens with one attached hydrogen (secondary N) is 1. The smallest absolute Gasteiger partial charge is 0.300 e. The Kier molecular flexibility index (Phi) is 5.70. The number of nitrogens with zero attached hydrogens (tertiary/aromatic N) is 1. The summed E-state index contributed by atoms with van der Waals surface area (Å²) < 4.78 is 43.3. The molecule has 0 aromatic heterocycles. The molecule has 3 aliphatic heterocycles. The van der Waals surface area contributed by atoms with Crippen LogP contribution in [0.3, 0.4) is 0 Å². The van der Waals surface area contributed by atoms with E-state index >= 15 is 0 Å². The number of anilines is 1. The van der Waals surface area contributed by atoms with Gasteiger partial charge in [-0.1, -0.05) is 65.8 Å². The quantitative estimate of drug-likeness (QED) is 0.296. The molecule has 2 atom stereocenters. The maximum Gasteiger partial charge on any atom is 0.300 e. The van der Waals surface area contributed by atoms with Gasteiger partial charge in [-0.25, -0.2) is 0 Å². The highest BCUT2D eigenvalue weighted by Gasteiger charge is 2.43. The fourth-order valence-electron chi connectivity index (χ4n) is 6.39. The fraction of sp³-hybridized carbons (Fsp3) is 0.424. The molecule has 40 heavy (non-hydrogen) atoms. The molecule has 0 saturated heterocycles. The Hall–Kier alpha value is -3.16. The maximum absolute atomic E-state index is 13.1. The van der Waals surface area contributed by atoms with Gasteiger partial charge < -0.3 is 10.1 Å². The first kappa shape index (κ1) is 27.0. The highest BCUT2D eigenvalue weighted by atomic mass is 32.2. The average molecular weight is 559 g/mol. The van der Waals surface area contributed by atoms with E-state index in [0.717, 1.165) is 33.5 Å². The van der Waals surface area contributed by atoms with E-state index in [1.54, 1.807) is 0 Å². The topological polar surface area (TPSA) is 88.0 Å². The van der Waals surface area contributed by atoms with Crippen molar-refractivity contribution in [3.8, 4) is 11.5 Å². The van der Waals surface area contributed by atoms with Crippen molar-refractivity contribution in [3.63, 3.8) is 0 Å². The lowest BCUT2D eigenvalue weighted by atomic mass is 9.78. The summed E-state index contributed by atoms with van der Waals surface area (Å²) in [6.07, 6.45) is 0. The van der Waals surface area contributed by atoms with Crippen molar-refractivity contribution in [3.05, 3.63) is 80.4 Å². The Morgan fingerprint density at radius 2 is 1.62 bits per heavy atom. The number of fused-ring (bicyclic) bond motifs is 4. The zero-order valence-electron chi connectivity index (χ0n) is 24.7. The largest absolute Gasteiger partial charge is 0.454 e. The lowest BCUT2D eigenvalue weighted by Gasteiger charge is -2.29. The van der Waals surface area contributed by atoms with E-state index < -0.39 is 15.5 Å². The first-order valence-electron chi connectivity index (χ1n) is 14.1. The van der Waals surface area contributed by atoms with Gasteiger partial charge in [0.2, 0.25) is 0 Å². The second-order valence-corrected chi connectivity index (χ2v) is 14.5. The van der Waals surface area contributed by atoms with Gasteiger partial charge in [-0.2, -0.15) is 8.42 Å². The number of ether oxygens (including phenoxy) is 1. The molecule has 2 N–H and O–H groups in total. The van der Waals surface area contributed by atoms with Gasteiger partial charge in [0.1, 0.15) is 5.75 Å². The minimum Gasteiger partial charge on any atom is -0.454 e. The zero-order chi connectivity index (χ0) is 29.1. The van der Waals surface area contributed by atoms with Crippen LogP contribution in [0.2, 0.25) is 0 Å². The number of benzene rings is 3. The van der Waals surface area contributed by atoms with Crippen LogP contribution >= 0.6 is 0 Å². The van der Waals surface area contributed by atoms with E-state index in [4.69, 9.17) is 9.73 Å². The molecule has 0 fully saturated rings. The summed E-state index contributed by atoms with van der Waals surface area (Å²) in [7, 11) is -4.67. The maximum atomic E-state index is 13.1. The first-order valence-corrected chi connectivity index (χ1v) is 15.5. The van der Waals surface area contributed by atoms with Crippen molar-refractivity contribution in [2.75, 3.05) is 5.32 Å². The highest BCUT2D eigenvalue weighted by molar-refractivity contribution is 7.86. The molecule has 0 radical (unpaired) electrons. The molecular formula is C33H38N2O4S. The number of hydrogen-bond acceptors (Lipinski definition) is 5. The van der Waals surface area contributed by atoms with Gasteiger partial charge in [0.05, 0.1) is 11.4 Å². The van der Waals surface area contributed by atoms with Crippen molar-refractivity contribution in [2.24, 2.45) is 4.99 Å². The SMILES string of the molecule is Cc1c2c(cc3c1Oc1c(S(=O)(=O)O)c4c(cc1=C3c1ccc(C(C)C)cc1)C(C)(C)C(C)N=4)C(C)(C)C(C)N2. The zero-order valence-corrected chi connectivity index (χ0v) is 25.5. The predicted octanol–water partition coefficient (Wildman–Crippen LogP) is 6.11. The van der Waals surface area contributed by atoms with Crippen molar-refractivity contribution in [1.82, 2.24) is 0 Å². The second kappa shape index (κ2) is 8.43. The van der Waals surface area contributed by atoms with Crippen LogP contribution in [0.15, 0.2) is 46.3 Å². The molecule has 0 aliphatic carbocycles. The summed E-state index contributed by atoms with van der Waals surface area (Å²) >= 11 is 0. The molecule has 3 aromatic carbocycles. The van der Waals surface area contributed by atoms with Crippen LogP contribution in [0.4, 0.5) is 5.69 Å². The lowest BCUT2D eigenvalue weighted by Crippen LogP contribution is -2.33. The van der Waals surface area contributed by atoms with E-state index in [0.29, 0.717) is 22.2 Å². The Morgan fingerprint density at radius 3 is 2.23 bits per heavy atom. The van der Waals surface area contributed by atoms with E-state index in [-0.39, 0.29) is 28.1 Å². The van der Waals surface area contributed by atoms with Gasteiger partial charge in [-0.15, -0.1) is 0 Å². The van der Waals surface area contributed by atoms with E-state index in [9.17, 15) is 13.0 Å². The summed E-state index contributed by atoms with van der Waals surface area (Å²) in [5.41, 5.74) is 7.41. The normalized spacial score (nSPS) is 21.6. The van der Waals surface area contributed by atoms with Crippen LogP contribution in [0, 0.1) is 6.92 Å². The second-order valence-electron chi connectivity index (χ2n) is 13.1. The van der Waals surface area contributed by atoms with Crippen molar-refractivity contribution in [1.29, 1.82) is 0 Å². The molecular weight excluding hydrogens is 520 g/mol. The predicted molar refractivity (Wildman–Crippen MR) is 159 cm³/mol. The van der Waals surface area contributed by atoms with Gasteiger partial charge in [-0.3, -0.25) is 9.55 Å². The van der Waals surface area contributed by atoms with Crippen LogP contribution < -0.4 is 20.6 Å². The number of rotatable bonds is 3. The molecule has 0 amide bonds. The Morgan fingerprint density at radius 1 is 0.975 bits per heavy atom. The van der Waals surface area contributed by atoms with Crippen molar-refractivity contribution in [2.45, 2.75) is 96.0 Å². The Balaban J connectivity index is 1.81. The molecule has 3 aromatic rings. The van der Waals surface area contributed by atoms with Crippen LogP contribution in [0.25, 0.3) is 5.57 Å². The summed E-state index contributed by atoms with van der Waals surface area (Å²) in [4.78, 5) is 4.48. The fourth-order valence-corrected chi connectivity index (χ4v) is 7.18.